The standard InChI is InChI=1S/C12H20IN3O/c1-8(2)11-10(13)12(14-3)16-9(15-11)6-5-7-17-4/h8H,5-7H2,1-4H3,(H,14,15,16). The minimum absolute atomic E-state index is 0.415. The van der Waals surface area contributed by atoms with Crippen LogP contribution < -0.4 is 5.32 Å². The monoisotopic (exact) mass is 349 g/mol. The largest absolute Gasteiger partial charge is 0.385 e. The van der Waals surface area contributed by atoms with Crippen LogP contribution >= 0.6 is 22.6 Å². The van der Waals surface area contributed by atoms with E-state index in [9.17, 15) is 0 Å². The Morgan fingerprint density at radius 3 is 2.59 bits per heavy atom. The van der Waals surface area contributed by atoms with Gasteiger partial charge in [-0.1, -0.05) is 13.8 Å². The molecule has 17 heavy (non-hydrogen) atoms. The molecule has 1 N–H and O–H groups in total. The maximum atomic E-state index is 5.05. The van der Waals surface area contributed by atoms with Gasteiger partial charge in [0, 0.05) is 27.2 Å². The van der Waals surface area contributed by atoms with Crippen LogP contribution in [0.5, 0.6) is 0 Å². The molecule has 0 aliphatic carbocycles. The fourth-order valence-corrected chi connectivity index (χ4v) is 2.68. The number of nitrogens with one attached hydrogen (secondary N) is 1. The second-order valence-corrected chi connectivity index (χ2v) is 5.27. The number of methoxy groups -OCH3 is 1. The first-order valence-electron chi connectivity index (χ1n) is 5.83. The number of anilines is 1. The number of hydrogen-bond acceptors (Lipinski definition) is 4. The van der Waals surface area contributed by atoms with Crippen molar-refractivity contribution in [1.29, 1.82) is 0 Å². The van der Waals surface area contributed by atoms with Gasteiger partial charge in [0.2, 0.25) is 0 Å². The van der Waals surface area contributed by atoms with Crippen LogP contribution in [-0.4, -0.2) is 30.7 Å². The minimum atomic E-state index is 0.415. The highest BCUT2D eigenvalue weighted by Gasteiger charge is 2.13. The van der Waals surface area contributed by atoms with E-state index < -0.39 is 0 Å². The van der Waals surface area contributed by atoms with Gasteiger partial charge in [-0.25, -0.2) is 9.97 Å². The molecule has 0 bridgehead atoms. The molecule has 0 spiro atoms. The molecule has 1 aromatic rings. The van der Waals surface area contributed by atoms with Crippen molar-refractivity contribution in [3.63, 3.8) is 0 Å². The molecular formula is C12H20IN3O. The maximum Gasteiger partial charge on any atom is 0.143 e. The summed E-state index contributed by atoms with van der Waals surface area (Å²) in [6.45, 7) is 5.06. The fraction of sp³-hybridized carbons (Fsp3) is 0.667. The van der Waals surface area contributed by atoms with Gasteiger partial charge in [-0.2, -0.15) is 0 Å². The topological polar surface area (TPSA) is 47.0 Å². The van der Waals surface area contributed by atoms with Crippen LogP contribution in [0, 0.1) is 3.57 Å². The zero-order chi connectivity index (χ0) is 12.8. The van der Waals surface area contributed by atoms with Gasteiger partial charge in [0.1, 0.15) is 11.6 Å². The van der Waals surface area contributed by atoms with Crippen molar-refractivity contribution >= 4 is 28.4 Å². The van der Waals surface area contributed by atoms with Gasteiger partial charge >= 0.3 is 0 Å². The molecule has 0 aliphatic rings. The van der Waals surface area contributed by atoms with E-state index in [0.29, 0.717) is 5.92 Å². The number of halogens is 1. The number of hydrogen-bond donors (Lipinski definition) is 1. The zero-order valence-electron chi connectivity index (χ0n) is 10.9. The normalized spacial score (nSPS) is 10.9. The quantitative estimate of drug-likeness (QED) is 0.634. The van der Waals surface area contributed by atoms with Crippen molar-refractivity contribution < 1.29 is 4.74 Å². The van der Waals surface area contributed by atoms with Crippen molar-refractivity contribution in [3.8, 4) is 0 Å². The average molecular weight is 349 g/mol. The zero-order valence-corrected chi connectivity index (χ0v) is 13.0. The second kappa shape index (κ2) is 7.10. The number of aryl methyl sites for hydroxylation is 1. The summed E-state index contributed by atoms with van der Waals surface area (Å²) in [4.78, 5) is 9.16. The van der Waals surface area contributed by atoms with Gasteiger partial charge < -0.3 is 10.1 Å². The predicted octanol–water partition coefficient (Wildman–Crippen LogP) is 2.83. The lowest BCUT2D eigenvalue weighted by Crippen LogP contribution is -2.09. The molecule has 1 heterocycles. The maximum absolute atomic E-state index is 5.05. The van der Waals surface area contributed by atoms with Gasteiger partial charge in [0.05, 0.1) is 9.26 Å². The third kappa shape index (κ3) is 4.06. The van der Waals surface area contributed by atoms with Crippen molar-refractivity contribution in [1.82, 2.24) is 9.97 Å². The van der Waals surface area contributed by atoms with Crippen LogP contribution in [0.15, 0.2) is 0 Å². The van der Waals surface area contributed by atoms with Crippen molar-refractivity contribution in [2.75, 3.05) is 26.1 Å². The first-order chi connectivity index (χ1) is 8.10. The highest BCUT2D eigenvalue weighted by atomic mass is 127. The number of nitrogens with zero attached hydrogens (tertiary/aromatic N) is 2. The lowest BCUT2D eigenvalue weighted by Gasteiger charge is -2.13. The summed E-state index contributed by atoms with van der Waals surface area (Å²) in [6.07, 6.45) is 1.82. The molecule has 5 heteroatoms. The summed E-state index contributed by atoms with van der Waals surface area (Å²) >= 11 is 2.31. The lowest BCUT2D eigenvalue weighted by atomic mass is 10.1. The summed E-state index contributed by atoms with van der Waals surface area (Å²) < 4.78 is 6.17. The molecule has 1 aromatic heterocycles. The SMILES string of the molecule is CNc1nc(CCCOC)nc(C(C)C)c1I. The van der Waals surface area contributed by atoms with Crippen molar-refractivity contribution in [2.24, 2.45) is 0 Å². The Bertz CT molecular complexity index is 369. The number of aromatic nitrogens is 2. The molecule has 0 radical (unpaired) electrons. The van der Waals surface area contributed by atoms with Gasteiger partial charge in [-0.3, -0.25) is 0 Å². The summed E-state index contributed by atoms with van der Waals surface area (Å²) in [5.74, 6) is 2.24. The van der Waals surface area contributed by atoms with Crippen LogP contribution in [0.1, 0.15) is 37.7 Å². The Labute approximate surface area is 117 Å². The van der Waals surface area contributed by atoms with Crippen molar-refractivity contribution in [2.45, 2.75) is 32.6 Å². The summed E-state index contributed by atoms with van der Waals surface area (Å²) in [7, 11) is 3.61. The van der Waals surface area contributed by atoms with Gasteiger partial charge in [0.15, 0.2) is 0 Å². The summed E-state index contributed by atoms with van der Waals surface area (Å²) in [6, 6.07) is 0. The first-order valence-corrected chi connectivity index (χ1v) is 6.91. The predicted molar refractivity (Wildman–Crippen MR) is 78.6 cm³/mol. The molecule has 0 saturated heterocycles. The molecule has 4 nitrogen and oxygen atoms in total. The molecule has 1 rings (SSSR count). The van der Waals surface area contributed by atoms with E-state index in [-0.39, 0.29) is 0 Å². The molecule has 0 amide bonds. The molecule has 0 atom stereocenters. The second-order valence-electron chi connectivity index (χ2n) is 4.19. The van der Waals surface area contributed by atoms with E-state index in [4.69, 9.17) is 4.74 Å². The molecule has 96 valence electrons. The van der Waals surface area contributed by atoms with Crippen molar-refractivity contribution in [3.05, 3.63) is 15.1 Å². The summed E-state index contributed by atoms with van der Waals surface area (Å²) in [5, 5.41) is 3.13. The highest BCUT2D eigenvalue weighted by Crippen LogP contribution is 2.24. The van der Waals surface area contributed by atoms with E-state index in [2.05, 4.69) is 51.7 Å². The van der Waals surface area contributed by atoms with Crippen LogP contribution in [0.2, 0.25) is 0 Å². The smallest absolute Gasteiger partial charge is 0.143 e. The van der Waals surface area contributed by atoms with Gasteiger partial charge in [0.25, 0.3) is 0 Å². The summed E-state index contributed by atoms with van der Waals surface area (Å²) in [5.41, 5.74) is 1.12. The highest BCUT2D eigenvalue weighted by molar-refractivity contribution is 14.1. The Morgan fingerprint density at radius 1 is 1.35 bits per heavy atom. The first kappa shape index (κ1) is 14.6. The number of rotatable bonds is 6. The molecule has 0 aliphatic heterocycles. The Hall–Kier alpha value is -0.430. The average Bonchev–Trinajstić information content (AvgIpc) is 2.30. The van der Waals surface area contributed by atoms with Gasteiger partial charge in [-0.15, -0.1) is 0 Å². The van der Waals surface area contributed by atoms with E-state index in [1.807, 2.05) is 7.05 Å². The molecular weight excluding hydrogens is 329 g/mol. The third-order valence-corrected chi connectivity index (χ3v) is 3.52. The van der Waals surface area contributed by atoms with E-state index in [1.54, 1.807) is 7.11 Å². The Balaban J connectivity index is 2.94. The molecule has 0 aromatic carbocycles. The van der Waals surface area contributed by atoms with E-state index >= 15 is 0 Å². The Morgan fingerprint density at radius 2 is 2.06 bits per heavy atom. The van der Waals surface area contributed by atoms with Crippen LogP contribution in [0.3, 0.4) is 0 Å². The van der Waals surface area contributed by atoms with Gasteiger partial charge in [-0.05, 0) is 34.9 Å². The van der Waals surface area contributed by atoms with Crippen LogP contribution in [0.4, 0.5) is 5.82 Å². The van der Waals surface area contributed by atoms with E-state index in [0.717, 1.165) is 40.4 Å². The molecule has 0 fully saturated rings. The molecule has 0 saturated carbocycles. The number of ether oxygens (including phenoxy) is 1. The third-order valence-electron chi connectivity index (χ3n) is 2.46. The van der Waals surface area contributed by atoms with Crippen LogP contribution in [0.25, 0.3) is 0 Å². The fourth-order valence-electron chi connectivity index (χ4n) is 1.55. The minimum Gasteiger partial charge on any atom is -0.385 e. The Kier molecular flexibility index (Phi) is 6.11. The van der Waals surface area contributed by atoms with Crippen LogP contribution in [-0.2, 0) is 11.2 Å². The lowest BCUT2D eigenvalue weighted by molar-refractivity contribution is 0.194. The van der Waals surface area contributed by atoms with E-state index in [1.165, 1.54) is 0 Å². The molecule has 0 unspecified atom stereocenters.